The first-order chi connectivity index (χ1) is 14.7. The molecule has 30 heavy (non-hydrogen) atoms. The monoisotopic (exact) mass is 402 g/mol. The molecule has 2 aromatic heterocycles. The highest BCUT2D eigenvalue weighted by Gasteiger charge is 2.33. The first-order valence-electron chi connectivity index (χ1n) is 10.6. The van der Waals surface area contributed by atoms with Crippen molar-refractivity contribution < 1.29 is 9.63 Å². The second-order valence-electron chi connectivity index (χ2n) is 8.25. The molecular weight excluding hydrogens is 376 g/mol. The number of aromatic nitrogens is 2. The SMILES string of the molecule is CON=Cc1ccc2c(c1)c1c(n2Cc2ccccn2)CCC(NC(=O)C2CC2)C1. The van der Waals surface area contributed by atoms with Crippen LogP contribution in [0.15, 0.2) is 47.8 Å². The molecule has 1 atom stereocenters. The molecule has 1 saturated carbocycles. The third kappa shape index (κ3) is 3.70. The summed E-state index contributed by atoms with van der Waals surface area (Å²) in [4.78, 5) is 21.7. The maximum absolute atomic E-state index is 12.3. The maximum atomic E-state index is 12.3. The van der Waals surface area contributed by atoms with E-state index >= 15 is 0 Å². The first kappa shape index (κ1) is 18.9. The zero-order valence-corrected chi connectivity index (χ0v) is 17.2. The van der Waals surface area contributed by atoms with Crippen LogP contribution in [0.25, 0.3) is 10.9 Å². The number of hydrogen-bond acceptors (Lipinski definition) is 4. The van der Waals surface area contributed by atoms with Crippen LogP contribution in [0.1, 0.15) is 41.8 Å². The van der Waals surface area contributed by atoms with Gasteiger partial charge >= 0.3 is 0 Å². The normalized spacial score (nSPS) is 18.5. The van der Waals surface area contributed by atoms with E-state index in [0.717, 1.165) is 49.9 Å². The fraction of sp³-hybridized carbons (Fsp3) is 0.375. The van der Waals surface area contributed by atoms with Gasteiger partial charge in [-0.3, -0.25) is 9.78 Å². The Labute approximate surface area is 175 Å². The number of amides is 1. The van der Waals surface area contributed by atoms with Crippen molar-refractivity contribution in [3.63, 3.8) is 0 Å². The van der Waals surface area contributed by atoms with Crippen LogP contribution < -0.4 is 5.32 Å². The third-order valence-electron chi connectivity index (χ3n) is 6.14. The Morgan fingerprint density at radius 3 is 2.97 bits per heavy atom. The summed E-state index contributed by atoms with van der Waals surface area (Å²) >= 11 is 0. The van der Waals surface area contributed by atoms with Gasteiger partial charge in [0.2, 0.25) is 5.91 Å². The minimum atomic E-state index is 0.204. The molecule has 6 heteroatoms. The molecule has 1 unspecified atom stereocenters. The van der Waals surface area contributed by atoms with Gasteiger partial charge in [-0.15, -0.1) is 0 Å². The fourth-order valence-corrected chi connectivity index (χ4v) is 4.48. The molecule has 5 rings (SSSR count). The van der Waals surface area contributed by atoms with Crippen LogP contribution in [-0.4, -0.2) is 34.8 Å². The smallest absolute Gasteiger partial charge is 0.223 e. The second kappa shape index (κ2) is 7.94. The molecule has 0 aliphatic heterocycles. The number of carbonyl (C=O) groups excluding carboxylic acids is 1. The molecule has 1 aromatic carbocycles. The summed E-state index contributed by atoms with van der Waals surface area (Å²) in [7, 11) is 1.55. The topological polar surface area (TPSA) is 68.5 Å². The van der Waals surface area contributed by atoms with Crippen molar-refractivity contribution in [1.29, 1.82) is 0 Å². The van der Waals surface area contributed by atoms with Crippen molar-refractivity contribution in [2.45, 2.75) is 44.7 Å². The van der Waals surface area contributed by atoms with Crippen LogP contribution in [-0.2, 0) is 29.0 Å². The van der Waals surface area contributed by atoms with Gasteiger partial charge in [0.1, 0.15) is 7.11 Å². The highest BCUT2D eigenvalue weighted by molar-refractivity contribution is 5.92. The summed E-state index contributed by atoms with van der Waals surface area (Å²) in [5.74, 6) is 0.474. The Kier molecular flexibility index (Phi) is 4.99. The lowest BCUT2D eigenvalue weighted by Crippen LogP contribution is -2.39. The minimum Gasteiger partial charge on any atom is -0.399 e. The molecule has 3 aromatic rings. The highest BCUT2D eigenvalue weighted by Crippen LogP contribution is 2.34. The quantitative estimate of drug-likeness (QED) is 0.507. The van der Waals surface area contributed by atoms with Crippen LogP contribution >= 0.6 is 0 Å². The molecule has 2 aliphatic rings. The average Bonchev–Trinajstić information content (AvgIpc) is 3.59. The van der Waals surface area contributed by atoms with Gasteiger partial charge in [-0.1, -0.05) is 17.3 Å². The van der Waals surface area contributed by atoms with E-state index in [2.05, 4.69) is 44.3 Å². The molecule has 6 nitrogen and oxygen atoms in total. The highest BCUT2D eigenvalue weighted by atomic mass is 16.6. The van der Waals surface area contributed by atoms with Crippen LogP contribution in [0.5, 0.6) is 0 Å². The summed E-state index contributed by atoms with van der Waals surface area (Å²) < 4.78 is 2.39. The molecule has 1 fully saturated rings. The van der Waals surface area contributed by atoms with Gasteiger partial charge < -0.3 is 14.7 Å². The zero-order valence-electron chi connectivity index (χ0n) is 17.2. The third-order valence-corrected chi connectivity index (χ3v) is 6.14. The lowest BCUT2D eigenvalue weighted by molar-refractivity contribution is -0.123. The van der Waals surface area contributed by atoms with Gasteiger partial charge in [0.25, 0.3) is 0 Å². The molecule has 2 aliphatic carbocycles. The predicted octanol–water partition coefficient (Wildman–Crippen LogP) is 3.45. The van der Waals surface area contributed by atoms with Crippen LogP contribution in [0.4, 0.5) is 0 Å². The number of nitrogens with zero attached hydrogens (tertiary/aromatic N) is 3. The van der Waals surface area contributed by atoms with Crippen LogP contribution in [0, 0.1) is 5.92 Å². The summed E-state index contributed by atoms with van der Waals surface area (Å²) in [6.07, 6.45) is 8.44. The van der Waals surface area contributed by atoms with E-state index in [9.17, 15) is 4.79 Å². The van der Waals surface area contributed by atoms with Gasteiger partial charge in [-0.2, -0.15) is 0 Å². The summed E-state index contributed by atoms with van der Waals surface area (Å²) in [5.41, 5.74) is 5.95. The number of carbonyl (C=O) groups is 1. The summed E-state index contributed by atoms with van der Waals surface area (Å²) in [6.45, 7) is 0.747. The Balaban J connectivity index is 1.53. The number of fused-ring (bicyclic) bond motifs is 3. The van der Waals surface area contributed by atoms with Gasteiger partial charge in [0, 0.05) is 34.8 Å². The van der Waals surface area contributed by atoms with Crippen molar-refractivity contribution >= 4 is 23.0 Å². The molecular formula is C24H26N4O2. The van der Waals surface area contributed by atoms with Crippen LogP contribution in [0.3, 0.4) is 0 Å². The van der Waals surface area contributed by atoms with Gasteiger partial charge in [0.05, 0.1) is 18.5 Å². The standard InChI is InChI=1S/C24H26N4O2/c1-30-26-14-16-5-9-22-20(12-16)21-13-18(27-24(29)17-6-7-17)8-10-23(21)28(22)15-19-4-2-3-11-25-19/h2-5,9,11-12,14,17-18H,6-8,10,13,15H2,1H3,(H,27,29). The second-order valence-corrected chi connectivity index (χ2v) is 8.25. The van der Waals surface area contributed by atoms with E-state index in [0.29, 0.717) is 0 Å². The number of hydrogen-bond donors (Lipinski definition) is 1. The number of pyridine rings is 1. The molecule has 0 saturated heterocycles. The van der Waals surface area contributed by atoms with Crippen molar-refractivity contribution in [2.24, 2.45) is 11.1 Å². The lowest BCUT2D eigenvalue weighted by Gasteiger charge is -2.25. The lowest BCUT2D eigenvalue weighted by atomic mass is 9.91. The van der Waals surface area contributed by atoms with Crippen molar-refractivity contribution in [3.05, 3.63) is 65.1 Å². The number of rotatable bonds is 6. The van der Waals surface area contributed by atoms with Crippen LogP contribution in [0.2, 0.25) is 0 Å². The molecule has 154 valence electrons. The van der Waals surface area contributed by atoms with Crippen molar-refractivity contribution in [3.8, 4) is 0 Å². The molecule has 0 bridgehead atoms. The Morgan fingerprint density at radius 2 is 2.20 bits per heavy atom. The largest absolute Gasteiger partial charge is 0.399 e. The van der Waals surface area contributed by atoms with Crippen molar-refractivity contribution in [1.82, 2.24) is 14.9 Å². The molecule has 1 amide bonds. The van der Waals surface area contributed by atoms with E-state index in [1.54, 1.807) is 13.3 Å². The minimum absolute atomic E-state index is 0.204. The molecule has 0 radical (unpaired) electrons. The zero-order chi connectivity index (χ0) is 20.5. The van der Waals surface area contributed by atoms with E-state index in [-0.39, 0.29) is 17.9 Å². The number of benzene rings is 1. The molecule has 1 N–H and O–H groups in total. The maximum Gasteiger partial charge on any atom is 0.223 e. The van der Waals surface area contributed by atoms with E-state index < -0.39 is 0 Å². The average molecular weight is 402 g/mol. The number of oxime groups is 1. The fourth-order valence-electron chi connectivity index (χ4n) is 4.48. The Morgan fingerprint density at radius 1 is 1.30 bits per heavy atom. The Hall–Kier alpha value is -3.15. The van der Waals surface area contributed by atoms with Gasteiger partial charge in [0.15, 0.2) is 0 Å². The molecule has 0 spiro atoms. The van der Waals surface area contributed by atoms with E-state index in [1.165, 1.54) is 22.2 Å². The predicted molar refractivity (Wildman–Crippen MR) is 117 cm³/mol. The van der Waals surface area contributed by atoms with Gasteiger partial charge in [-0.05, 0) is 67.5 Å². The first-order valence-corrected chi connectivity index (χ1v) is 10.6. The van der Waals surface area contributed by atoms with Gasteiger partial charge in [-0.25, -0.2) is 0 Å². The molecule has 2 heterocycles. The van der Waals surface area contributed by atoms with Crippen molar-refractivity contribution in [2.75, 3.05) is 7.11 Å². The van der Waals surface area contributed by atoms with E-state index in [4.69, 9.17) is 4.84 Å². The Bertz CT molecular complexity index is 1100. The summed E-state index contributed by atoms with van der Waals surface area (Å²) in [6, 6.07) is 12.7. The van der Waals surface area contributed by atoms with E-state index in [1.807, 2.05) is 18.3 Å². The number of nitrogens with one attached hydrogen (secondary N) is 1. The summed E-state index contributed by atoms with van der Waals surface area (Å²) in [5, 5.41) is 8.43.